The summed E-state index contributed by atoms with van der Waals surface area (Å²) in [6.07, 6.45) is 0. The summed E-state index contributed by atoms with van der Waals surface area (Å²) < 4.78 is 122. The second kappa shape index (κ2) is 2.44. The second-order valence-corrected chi connectivity index (χ2v) is 8.23. The molecule has 1 aromatic carbocycles. The third kappa shape index (κ3) is 3.60. The smallest absolute Gasteiger partial charge is 0.0936 e. The standard InChI is InChI=1S/C6H4F10S2/c7-17(8,9,10,11)5-2-1-3-6(4-5)18(12,13,14,15)16/h1-4H. The number of benzene rings is 1. The molecule has 0 saturated heterocycles. The molecule has 1 aromatic rings. The van der Waals surface area contributed by atoms with Crippen molar-refractivity contribution in [1.29, 1.82) is 0 Å². The van der Waals surface area contributed by atoms with Crippen LogP contribution in [-0.4, -0.2) is 0 Å². The van der Waals surface area contributed by atoms with E-state index in [1.165, 1.54) is 0 Å². The van der Waals surface area contributed by atoms with Crippen LogP contribution in [0, 0.1) is 0 Å². The van der Waals surface area contributed by atoms with Gasteiger partial charge in [0.25, 0.3) is 0 Å². The van der Waals surface area contributed by atoms with Crippen LogP contribution in [0.1, 0.15) is 0 Å². The van der Waals surface area contributed by atoms with E-state index in [2.05, 4.69) is 0 Å². The largest absolute Gasteiger partial charge is 0.310 e. The van der Waals surface area contributed by atoms with Crippen molar-refractivity contribution >= 4 is 20.4 Å². The van der Waals surface area contributed by atoms with Crippen molar-refractivity contribution in [2.24, 2.45) is 0 Å². The van der Waals surface area contributed by atoms with Gasteiger partial charge in [0, 0.05) is 0 Å². The minimum Gasteiger partial charge on any atom is -0.0936 e. The van der Waals surface area contributed by atoms with Crippen molar-refractivity contribution in [1.82, 2.24) is 0 Å². The van der Waals surface area contributed by atoms with E-state index in [1.54, 1.807) is 0 Å². The van der Waals surface area contributed by atoms with Crippen molar-refractivity contribution in [3.8, 4) is 0 Å². The lowest BCUT2D eigenvalue weighted by Gasteiger charge is -2.43. The monoisotopic (exact) mass is 330 g/mol. The Morgan fingerprint density at radius 2 is 0.833 bits per heavy atom. The summed E-state index contributed by atoms with van der Waals surface area (Å²) in [6.45, 7) is 0. The summed E-state index contributed by atoms with van der Waals surface area (Å²) in [6, 6.07) is -2.22. The van der Waals surface area contributed by atoms with Gasteiger partial charge >= 0.3 is 20.4 Å². The van der Waals surface area contributed by atoms with Crippen LogP contribution in [-0.2, 0) is 0 Å². The van der Waals surface area contributed by atoms with E-state index >= 15 is 0 Å². The van der Waals surface area contributed by atoms with Crippen LogP contribution in [0.4, 0.5) is 38.9 Å². The molecule has 0 aliphatic heterocycles. The van der Waals surface area contributed by atoms with Gasteiger partial charge in [-0.2, -0.15) is 0 Å². The molecule has 0 aliphatic carbocycles. The molecule has 0 amide bonds. The van der Waals surface area contributed by atoms with Gasteiger partial charge < -0.3 is 0 Å². The molecular weight excluding hydrogens is 326 g/mol. The lowest BCUT2D eigenvalue weighted by molar-refractivity contribution is 0.360. The number of hydrogen-bond acceptors (Lipinski definition) is 0. The van der Waals surface area contributed by atoms with Gasteiger partial charge in [-0.05, 0) is 18.2 Å². The maximum absolute atomic E-state index is 12.2. The van der Waals surface area contributed by atoms with Gasteiger partial charge in [-0.15, -0.1) is 0 Å². The highest BCUT2D eigenvalue weighted by Crippen LogP contribution is 3.05. The average molecular weight is 330 g/mol. The fourth-order valence-corrected chi connectivity index (χ4v) is 2.40. The Morgan fingerprint density at radius 1 is 0.556 bits per heavy atom. The molecule has 0 N–H and O–H groups in total. The molecule has 0 heterocycles. The van der Waals surface area contributed by atoms with E-state index < -0.39 is 48.4 Å². The zero-order valence-electron chi connectivity index (χ0n) is 7.91. The third-order valence-electron chi connectivity index (χ3n) is 1.70. The van der Waals surface area contributed by atoms with Crippen molar-refractivity contribution in [2.75, 3.05) is 0 Å². The van der Waals surface area contributed by atoms with Gasteiger partial charge in [0.2, 0.25) is 0 Å². The molecule has 0 fully saturated rings. The molecule has 18 heavy (non-hydrogen) atoms. The van der Waals surface area contributed by atoms with E-state index in [0.29, 0.717) is 0 Å². The summed E-state index contributed by atoms with van der Waals surface area (Å²) in [5.74, 6) is 0. The number of rotatable bonds is 2. The highest BCUT2D eigenvalue weighted by atomic mass is 32.5. The van der Waals surface area contributed by atoms with Crippen LogP contribution in [0.15, 0.2) is 34.1 Å². The maximum atomic E-state index is 12.2. The normalized spacial score (nSPS) is 21.4. The molecular formula is C6H4F10S2. The molecule has 0 aromatic heterocycles. The van der Waals surface area contributed by atoms with Crippen LogP contribution < -0.4 is 0 Å². The van der Waals surface area contributed by atoms with Crippen LogP contribution >= 0.6 is 20.4 Å². The number of halogens is 10. The first-order valence-electron chi connectivity index (χ1n) is 3.77. The lowest BCUT2D eigenvalue weighted by Crippen LogP contribution is -2.10. The molecule has 1 rings (SSSR count). The molecule has 0 atom stereocenters. The first kappa shape index (κ1) is 15.3. The highest BCUT2D eigenvalue weighted by Gasteiger charge is 2.69. The Morgan fingerprint density at radius 3 is 1.06 bits per heavy atom. The Labute approximate surface area is 94.0 Å². The van der Waals surface area contributed by atoms with Crippen LogP contribution in [0.25, 0.3) is 0 Å². The summed E-state index contributed by atoms with van der Waals surface area (Å²) in [5.41, 5.74) is 0. The van der Waals surface area contributed by atoms with Crippen LogP contribution in [0.2, 0.25) is 0 Å². The Hall–Kier alpha value is -0.780. The SMILES string of the molecule is FS(F)(F)(F)(F)c1cccc(S(F)(F)(F)(F)F)c1. The predicted molar refractivity (Wildman–Crippen MR) is 49.2 cm³/mol. The molecule has 0 radical (unpaired) electrons. The van der Waals surface area contributed by atoms with Gasteiger partial charge in [0.1, 0.15) is 9.79 Å². The zero-order valence-corrected chi connectivity index (χ0v) is 9.54. The molecule has 0 unspecified atom stereocenters. The fraction of sp³-hybridized carbons (Fsp3) is 0. The lowest BCUT2D eigenvalue weighted by atomic mass is 10.4. The molecule has 110 valence electrons. The number of hydrogen-bond donors (Lipinski definition) is 0. The molecule has 0 saturated carbocycles. The van der Waals surface area contributed by atoms with Crippen LogP contribution in [0.5, 0.6) is 0 Å². The first-order chi connectivity index (χ1) is 7.19. The average Bonchev–Trinajstić information content (AvgIpc) is 1.96. The zero-order chi connectivity index (χ0) is 14.8. The summed E-state index contributed by atoms with van der Waals surface area (Å²) in [4.78, 5) is -6.03. The van der Waals surface area contributed by atoms with Gasteiger partial charge in [0.15, 0.2) is 0 Å². The predicted octanol–water partition coefficient (Wildman–Crippen LogP) is 7.00. The second-order valence-electron chi connectivity index (χ2n) is 3.41. The van der Waals surface area contributed by atoms with Crippen LogP contribution in [0.3, 0.4) is 0 Å². The van der Waals surface area contributed by atoms with E-state index in [-0.39, 0.29) is 6.07 Å². The van der Waals surface area contributed by atoms with Crippen molar-refractivity contribution in [2.45, 2.75) is 9.79 Å². The minimum absolute atomic E-state index is 0.152. The van der Waals surface area contributed by atoms with Crippen molar-refractivity contribution < 1.29 is 38.9 Å². The summed E-state index contributed by atoms with van der Waals surface area (Å²) in [7, 11) is -20.9. The van der Waals surface area contributed by atoms with E-state index in [9.17, 15) is 38.9 Å². The highest BCUT2D eigenvalue weighted by molar-refractivity contribution is 8.46. The first-order valence-corrected chi connectivity index (χ1v) is 7.68. The molecule has 12 heteroatoms. The molecule has 0 nitrogen and oxygen atoms in total. The molecule has 0 aliphatic rings. The maximum Gasteiger partial charge on any atom is 0.310 e. The third-order valence-corrected chi connectivity index (χ3v) is 3.99. The van der Waals surface area contributed by atoms with Crippen molar-refractivity contribution in [3.05, 3.63) is 24.3 Å². The van der Waals surface area contributed by atoms with Crippen molar-refractivity contribution in [3.63, 3.8) is 0 Å². The van der Waals surface area contributed by atoms with E-state index in [1.807, 2.05) is 0 Å². The Balaban J connectivity index is 3.65. The minimum atomic E-state index is -10.4. The van der Waals surface area contributed by atoms with E-state index in [4.69, 9.17) is 0 Å². The van der Waals surface area contributed by atoms with Gasteiger partial charge in [-0.25, -0.2) is 0 Å². The Kier molecular flexibility index (Phi) is 2.07. The molecule has 0 spiro atoms. The summed E-state index contributed by atoms with van der Waals surface area (Å²) >= 11 is 0. The van der Waals surface area contributed by atoms with Gasteiger partial charge in [-0.1, -0.05) is 44.9 Å². The summed E-state index contributed by atoms with van der Waals surface area (Å²) in [5, 5.41) is 0. The van der Waals surface area contributed by atoms with E-state index in [0.717, 1.165) is 0 Å². The van der Waals surface area contributed by atoms with Gasteiger partial charge in [0.05, 0.1) is 0 Å². The quantitative estimate of drug-likeness (QED) is 0.512. The fourth-order valence-electron chi connectivity index (χ4n) is 0.954. The Bertz CT molecular complexity index is 461. The molecule has 0 bridgehead atoms. The van der Waals surface area contributed by atoms with Gasteiger partial charge in [-0.3, -0.25) is 0 Å². The topological polar surface area (TPSA) is 0 Å².